The molecule has 1 aliphatic rings. The molecule has 7 heteroatoms. The van der Waals surface area contributed by atoms with Crippen LogP contribution in [0.2, 0.25) is 0 Å². The van der Waals surface area contributed by atoms with Gasteiger partial charge in [-0.2, -0.15) is 11.8 Å². The SMILES string of the molecule is CCNc1nnc(C(=O)N2CCCSCC2)s1. The second kappa shape index (κ2) is 6.20. The molecule has 1 amide bonds. The zero-order valence-electron chi connectivity index (χ0n) is 9.81. The van der Waals surface area contributed by atoms with E-state index in [-0.39, 0.29) is 5.91 Å². The molecule has 1 saturated heterocycles. The smallest absolute Gasteiger partial charge is 0.284 e. The number of aromatic nitrogens is 2. The van der Waals surface area contributed by atoms with E-state index in [0.29, 0.717) is 5.01 Å². The van der Waals surface area contributed by atoms with Crippen LogP contribution in [0.25, 0.3) is 0 Å². The summed E-state index contributed by atoms with van der Waals surface area (Å²) in [7, 11) is 0. The Morgan fingerprint density at radius 3 is 3.12 bits per heavy atom. The van der Waals surface area contributed by atoms with Crippen LogP contribution in [0.15, 0.2) is 0 Å². The molecule has 17 heavy (non-hydrogen) atoms. The van der Waals surface area contributed by atoms with Crippen LogP contribution in [0.1, 0.15) is 23.1 Å². The van der Waals surface area contributed by atoms with Gasteiger partial charge >= 0.3 is 0 Å². The maximum Gasteiger partial charge on any atom is 0.284 e. The fourth-order valence-electron chi connectivity index (χ4n) is 1.62. The standard InChI is InChI=1S/C10H16N4OS2/c1-2-11-10-13-12-8(17-10)9(15)14-4-3-6-16-7-5-14/h2-7H2,1H3,(H,11,13). The van der Waals surface area contributed by atoms with Crippen molar-refractivity contribution in [3.63, 3.8) is 0 Å². The van der Waals surface area contributed by atoms with E-state index in [1.165, 1.54) is 11.3 Å². The Morgan fingerprint density at radius 1 is 1.41 bits per heavy atom. The third-order valence-corrected chi connectivity index (χ3v) is 4.36. The van der Waals surface area contributed by atoms with Gasteiger partial charge in [0.25, 0.3) is 5.91 Å². The summed E-state index contributed by atoms with van der Waals surface area (Å²) < 4.78 is 0. The second-order valence-corrected chi connectivity index (χ2v) is 5.90. The van der Waals surface area contributed by atoms with Crippen molar-refractivity contribution in [1.82, 2.24) is 15.1 Å². The summed E-state index contributed by atoms with van der Waals surface area (Å²) in [5.41, 5.74) is 0. The van der Waals surface area contributed by atoms with Crippen molar-refractivity contribution in [3.05, 3.63) is 5.01 Å². The number of rotatable bonds is 3. The number of hydrogen-bond acceptors (Lipinski definition) is 6. The van der Waals surface area contributed by atoms with Crippen LogP contribution >= 0.6 is 23.1 Å². The monoisotopic (exact) mass is 272 g/mol. The van der Waals surface area contributed by atoms with Crippen molar-refractivity contribution in [2.24, 2.45) is 0 Å². The van der Waals surface area contributed by atoms with E-state index in [9.17, 15) is 4.79 Å². The zero-order chi connectivity index (χ0) is 12.1. The minimum absolute atomic E-state index is 0.0224. The molecule has 0 aromatic carbocycles. The molecule has 1 aromatic rings. The van der Waals surface area contributed by atoms with Gasteiger partial charge in [0, 0.05) is 25.4 Å². The topological polar surface area (TPSA) is 58.1 Å². The number of amides is 1. The Labute approximate surface area is 109 Å². The highest BCUT2D eigenvalue weighted by atomic mass is 32.2. The van der Waals surface area contributed by atoms with E-state index in [4.69, 9.17) is 0 Å². The molecular formula is C10H16N4OS2. The predicted molar refractivity (Wildman–Crippen MR) is 71.9 cm³/mol. The lowest BCUT2D eigenvalue weighted by Crippen LogP contribution is -2.32. The van der Waals surface area contributed by atoms with E-state index >= 15 is 0 Å². The average molecular weight is 272 g/mol. The molecule has 0 bridgehead atoms. The van der Waals surface area contributed by atoms with Crippen molar-refractivity contribution >= 4 is 34.1 Å². The van der Waals surface area contributed by atoms with Gasteiger partial charge in [-0.25, -0.2) is 0 Å². The molecule has 2 heterocycles. The van der Waals surface area contributed by atoms with Gasteiger partial charge in [-0.3, -0.25) is 4.79 Å². The normalized spacial score (nSPS) is 16.6. The van der Waals surface area contributed by atoms with Gasteiger partial charge in [-0.15, -0.1) is 10.2 Å². The Morgan fingerprint density at radius 2 is 2.29 bits per heavy atom. The first-order valence-electron chi connectivity index (χ1n) is 5.75. The van der Waals surface area contributed by atoms with Crippen LogP contribution in [-0.4, -0.2) is 52.1 Å². The fourth-order valence-corrected chi connectivity index (χ4v) is 3.28. The minimum Gasteiger partial charge on any atom is -0.360 e. The summed E-state index contributed by atoms with van der Waals surface area (Å²) >= 11 is 3.24. The molecule has 94 valence electrons. The molecule has 1 N–H and O–H groups in total. The quantitative estimate of drug-likeness (QED) is 0.904. The summed E-state index contributed by atoms with van der Waals surface area (Å²) in [5, 5.41) is 12.2. The highest BCUT2D eigenvalue weighted by Gasteiger charge is 2.21. The first-order valence-corrected chi connectivity index (χ1v) is 7.72. The molecule has 0 radical (unpaired) electrons. The van der Waals surface area contributed by atoms with E-state index in [1.807, 2.05) is 23.6 Å². The first-order chi connectivity index (χ1) is 8.31. The van der Waals surface area contributed by atoms with E-state index in [1.54, 1.807) is 0 Å². The highest BCUT2D eigenvalue weighted by Crippen LogP contribution is 2.18. The van der Waals surface area contributed by atoms with E-state index in [2.05, 4.69) is 15.5 Å². The zero-order valence-corrected chi connectivity index (χ0v) is 11.4. The number of hydrogen-bond donors (Lipinski definition) is 1. The summed E-state index contributed by atoms with van der Waals surface area (Å²) in [6.07, 6.45) is 1.06. The Hall–Kier alpha value is -0.820. The van der Waals surface area contributed by atoms with Crippen LogP contribution in [0.5, 0.6) is 0 Å². The van der Waals surface area contributed by atoms with Crippen LogP contribution < -0.4 is 5.32 Å². The lowest BCUT2D eigenvalue weighted by atomic mass is 10.4. The number of anilines is 1. The lowest BCUT2D eigenvalue weighted by Gasteiger charge is -2.17. The van der Waals surface area contributed by atoms with Crippen LogP contribution in [-0.2, 0) is 0 Å². The molecule has 0 saturated carbocycles. The van der Waals surface area contributed by atoms with Crippen molar-refractivity contribution in [2.45, 2.75) is 13.3 Å². The van der Waals surface area contributed by atoms with E-state index < -0.39 is 0 Å². The summed E-state index contributed by atoms with van der Waals surface area (Å²) in [4.78, 5) is 14.1. The minimum atomic E-state index is 0.0224. The lowest BCUT2D eigenvalue weighted by molar-refractivity contribution is 0.0767. The summed E-state index contributed by atoms with van der Waals surface area (Å²) in [6, 6.07) is 0. The van der Waals surface area contributed by atoms with Crippen molar-refractivity contribution < 1.29 is 4.79 Å². The van der Waals surface area contributed by atoms with Crippen LogP contribution in [0, 0.1) is 0 Å². The molecule has 1 aliphatic heterocycles. The third kappa shape index (κ3) is 3.32. The van der Waals surface area contributed by atoms with Gasteiger partial charge in [0.05, 0.1) is 0 Å². The van der Waals surface area contributed by atoms with Crippen LogP contribution in [0.3, 0.4) is 0 Å². The van der Waals surface area contributed by atoms with E-state index in [0.717, 1.165) is 42.7 Å². The number of carbonyl (C=O) groups excluding carboxylic acids is 1. The maximum atomic E-state index is 12.2. The Balaban J connectivity index is 2.01. The second-order valence-electron chi connectivity index (χ2n) is 3.70. The number of nitrogens with zero attached hydrogens (tertiary/aromatic N) is 3. The number of thioether (sulfide) groups is 1. The van der Waals surface area contributed by atoms with Crippen molar-refractivity contribution in [2.75, 3.05) is 36.5 Å². The van der Waals surface area contributed by atoms with Crippen molar-refractivity contribution in [3.8, 4) is 0 Å². The Kier molecular flexibility index (Phi) is 4.61. The van der Waals surface area contributed by atoms with Crippen molar-refractivity contribution in [1.29, 1.82) is 0 Å². The largest absolute Gasteiger partial charge is 0.360 e. The molecule has 0 unspecified atom stereocenters. The number of nitrogens with one attached hydrogen (secondary N) is 1. The molecule has 5 nitrogen and oxygen atoms in total. The molecule has 2 rings (SSSR count). The highest BCUT2D eigenvalue weighted by molar-refractivity contribution is 7.99. The number of carbonyl (C=O) groups is 1. The molecule has 0 atom stereocenters. The molecule has 1 aromatic heterocycles. The van der Waals surface area contributed by atoms with Gasteiger partial charge in [0.2, 0.25) is 10.1 Å². The third-order valence-electron chi connectivity index (χ3n) is 2.45. The molecule has 1 fully saturated rings. The first kappa shape index (κ1) is 12.6. The molecule has 0 aliphatic carbocycles. The maximum absolute atomic E-state index is 12.2. The Bertz CT molecular complexity index is 374. The summed E-state index contributed by atoms with van der Waals surface area (Å²) in [6.45, 7) is 4.44. The molecular weight excluding hydrogens is 256 g/mol. The molecule has 0 spiro atoms. The van der Waals surface area contributed by atoms with Gasteiger partial charge in [0.15, 0.2) is 0 Å². The van der Waals surface area contributed by atoms with Gasteiger partial charge in [-0.1, -0.05) is 11.3 Å². The van der Waals surface area contributed by atoms with Gasteiger partial charge in [0.1, 0.15) is 0 Å². The summed E-state index contributed by atoms with van der Waals surface area (Å²) in [5.74, 6) is 2.18. The van der Waals surface area contributed by atoms with Gasteiger partial charge < -0.3 is 10.2 Å². The average Bonchev–Trinajstić information content (AvgIpc) is 2.64. The van der Waals surface area contributed by atoms with Gasteiger partial charge in [-0.05, 0) is 19.1 Å². The van der Waals surface area contributed by atoms with Crippen LogP contribution in [0.4, 0.5) is 5.13 Å². The predicted octanol–water partition coefficient (Wildman–Crippen LogP) is 1.55. The fraction of sp³-hybridized carbons (Fsp3) is 0.700.